The summed E-state index contributed by atoms with van der Waals surface area (Å²) in [7, 11) is 1.58. The average Bonchev–Trinajstić information content (AvgIpc) is 2.99. The van der Waals surface area contributed by atoms with Crippen molar-refractivity contribution >= 4 is 51.7 Å². The Kier molecular flexibility index (Phi) is 7.30. The normalized spacial score (nSPS) is 17.8. The van der Waals surface area contributed by atoms with E-state index in [1.807, 2.05) is 37.3 Å². The zero-order valence-electron chi connectivity index (χ0n) is 16.2. The maximum absolute atomic E-state index is 12.9. The highest BCUT2D eigenvalue weighted by Gasteiger charge is 2.39. The van der Waals surface area contributed by atoms with E-state index < -0.39 is 5.25 Å². The Morgan fingerprint density at radius 1 is 1.24 bits per heavy atom. The second-order valence-corrected chi connectivity index (χ2v) is 8.06. The Labute approximate surface area is 179 Å². The van der Waals surface area contributed by atoms with Gasteiger partial charge in [-0.2, -0.15) is 0 Å². The summed E-state index contributed by atoms with van der Waals surface area (Å²) in [5.74, 6) is -0.381. The van der Waals surface area contributed by atoms with Crippen LogP contribution in [-0.2, 0) is 14.3 Å². The zero-order chi connectivity index (χ0) is 20.8. The number of ether oxygens (including phenoxy) is 1. The number of methoxy groups -OCH3 is 1. The molecule has 2 aromatic rings. The zero-order valence-corrected chi connectivity index (χ0v) is 17.8. The third kappa shape index (κ3) is 5.38. The van der Waals surface area contributed by atoms with E-state index in [0.29, 0.717) is 29.0 Å². The van der Waals surface area contributed by atoms with E-state index in [1.54, 1.807) is 30.2 Å². The molecule has 0 saturated carbocycles. The molecular weight excluding hydrogens is 410 g/mol. The monoisotopic (exact) mass is 431 g/mol. The third-order valence-corrected chi connectivity index (χ3v) is 6.02. The fraction of sp³-hybridized carbons (Fsp3) is 0.286. The summed E-state index contributed by atoms with van der Waals surface area (Å²) in [5, 5.41) is 3.47. The second-order valence-electron chi connectivity index (χ2n) is 6.48. The van der Waals surface area contributed by atoms with Crippen LogP contribution in [0, 0.1) is 6.92 Å². The predicted molar refractivity (Wildman–Crippen MR) is 118 cm³/mol. The number of halogens is 1. The number of aliphatic imine (C=N–C) groups is 1. The molecule has 1 N–H and O–H groups in total. The first-order chi connectivity index (χ1) is 14.0. The van der Waals surface area contributed by atoms with Gasteiger partial charge in [0, 0.05) is 24.2 Å². The van der Waals surface area contributed by atoms with Gasteiger partial charge in [-0.25, -0.2) is 4.99 Å². The summed E-state index contributed by atoms with van der Waals surface area (Å²) in [6.45, 7) is 2.62. The third-order valence-electron chi connectivity index (χ3n) is 4.43. The maximum atomic E-state index is 12.9. The Balaban J connectivity index is 1.73. The smallest absolute Gasteiger partial charge is 0.242 e. The molecule has 29 heavy (non-hydrogen) atoms. The molecule has 0 unspecified atom stereocenters. The molecule has 2 aromatic carbocycles. The predicted octanol–water partition coefficient (Wildman–Crippen LogP) is 4.26. The molecular formula is C21H22ClN3O3S. The lowest BCUT2D eigenvalue weighted by atomic mass is 10.2. The number of anilines is 1. The van der Waals surface area contributed by atoms with Gasteiger partial charge in [0.1, 0.15) is 5.25 Å². The number of nitrogens with zero attached hydrogens (tertiary/aromatic N) is 2. The van der Waals surface area contributed by atoms with Crippen molar-refractivity contribution in [3.63, 3.8) is 0 Å². The molecule has 1 heterocycles. The van der Waals surface area contributed by atoms with Crippen LogP contribution >= 0.6 is 23.4 Å². The number of carbonyl (C=O) groups is 2. The molecule has 0 bridgehead atoms. The minimum Gasteiger partial charge on any atom is -0.383 e. The van der Waals surface area contributed by atoms with Gasteiger partial charge in [-0.1, -0.05) is 47.6 Å². The van der Waals surface area contributed by atoms with Crippen molar-refractivity contribution in [2.75, 3.05) is 25.6 Å². The van der Waals surface area contributed by atoms with Gasteiger partial charge in [-0.05, 0) is 36.8 Å². The number of rotatable bonds is 7. The molecule has 0 aromatic heterocycles. The van der Waals surface area contributed by atoms with Crippen LogP contribution in [0.1, 0.15) is 12.0 Å². The molecule has 6 nitrogen and oxygen atoms in total. The lowest BCUT2D eigenvalue weighted by Crippen LogP contribution is -2.35. The van der Waals surface area contributed by atoms with Crippen LogP contribution in [0.2, 0.25) is 5.02 Å². The number of hydrogen-bond acceptors (Lipinski definition) is 5. The largest absolute Gasteiger partial charge is 0.383 e. The summed E-state index contributed by atoms with van der Waals surface area (Å²) in [6, 6.07) is 14.8. The van der Waals surface area contributed by atoms with Gasteiger partial charge in [-0.3, -0.25) is 14.5 Å². The first kappa shape index (κ1) is 21.4. The lowest BCUT2D eigenvalue weighted by Gasteiger charge is -2.15. The molecule has 0 spiro atoms. The highest BCUT2D eigenvalue weighted by molar-refractivity contribution is 8.15. The minimum atomic E-state index is -0.534. The van der Waals surface area contributed by atoms with Gasteiger partial charge in [0.2, 0.25) is 11.8 Å². The van der Waals surface area contributed by atoms with Crippen LogP contribution in [0.5, 0.6) is 0 Å². The number of hydrogen-bond donors (Lipinski definition) is 1. The van der Waals surface area contributed by atoms with E-state index in [-0.39, 0.29) is 18.2 Å². The van der Waals surface area contributed by atoms with Crippen molar-refractivity contribution < 1.29 is 14.3 Å². The van der Waals surface area contributed by atoms with Gasteiger partial charge in [0.25, 0.3) is 0 Å². The van der Waals surface area contributed by atoms with Crippen LogP contribution < -0.4 is 5.32 Å². The summed E-state index contributed by atoms with van der Waals surface area (Å²) in [5.41, 5.74) is 2.19. The van der Waals surface area contributed by atoms with Crippen molar-refractivity contribution in [1.29, 1.82) is 0 Å². The Morgan fingerprint density at radius 2 is 2.00 bits per heavy atom. The highest BCUT2D eigenvalue weighted by atomic mass is 35.5. The van der Waals surface area contributed by atoms with Gasteiger partial charge in [-0.15, -0.1) is 0 Å². The summed E-state index contributed by atoms with van der Waals surface area (Å²) in [6.07, 6.45) is 0.0484. The first-order valence-corrected chi connectivity index (χ1v) is 10.4. The standard InChI is InChI=1S/C21H22ClN3O3S/c1-14-16(22)9-6-10-17(14)24-19(26)13-18-20(27)25(11-12-28-2)21(29-18)23-15-7-4-3-5-8-15/h3-10,18H,11-13H2,1-2H3,(H,24,26)/t18-/m1/s1. The Hall–Kier alpha value is -2.35. The maximum Gasteiger partial charge on any atom is 0.242 e. The molecule has 8 heteroatoms. The van der Waals surface area contributed by atoms with Gasteiger partial charge in [0.05, 0.1) is 18.8 Å². The molecule has 1 atom stereocenters. The van der Waals surface area contributed by atoms with Crippen LogP contribution in [-0.4, -0.2) is 47.4 Å². The fourth-order valence-electron chi connectivity index (χ4n) is 2.84. The van der Waals surface area contributed by atoms with Gasteiger partial charge in [0.15, 0.2) is 5.17 Å². The quantitative estimate of drug-likeness (QED) is 0.711. The molecule has 1 aliphatic heterocycles. The van der Waals surface area contributed by atoms with Crippen molar-refractivity contribution in [3.05, 3.63) is 59.1 Å². The van der Waals surface area contributed by atoms with Crippen LogP contribution in [0.3, 0.4) is 0 Å². The molecule has 3 rings (SSSR count). The van der Waals surface area contributed by atoms with E-state index in [4.69, 9.17) is 16.3 Å². The second kappa shape index (κ2) is 9.91. The topological polar surface area (TPSA) is 71.0 Å². The van der Waals surface area contributed by atoms with Crippen molar-refractivity contribution in [2.24, 2.45) is 4.99 Å². The van der Waals surface area contributed by atoms with Gasteiger partial charge >= 0.3 is 0 Å². The van der Waals surface area contributed by atoms with E-state index in [1.165, 1.54) is 11.8 Å². The van der Waals surface area contributed by atoms with Crippen molar-refractivity contribution in [1.82, 2.24) is 4.90 Å². The number of nitrogens with one attached hydrogen (secondary N) is 1. The number of thioether (sulfide) groups is 1. The average molecular weight is 432 g/mol. The molecule has 1 fully saturated rings. The molecule has 0 radical (unpaired) electrons. The fourth-order valence-corrected chi connectivity index (χ4v) is 4.20. The summed E-state index contributed by atoms with van der Waals surface area (Å²) in [4.78, 5) is 31.6. The van der Waals surface area contributed by atoms with E-state index in [0.717, 1.165) is 11.3 Å². The molecule has 152 valence electrons. The number of carbonyl (C=O) groups excluding carboxylic acids is 2. The van der Waals surface area contributed by atoms with Crippen LogP contribution in [0.15, 0.2) is 53.5 Å². The highest BCUT2D eigenvalue weighted by Crippen LogP contribution is 2.32. The van der Waals surface area contributed by atoms with E-state index >= 15 is 0 Å². The number of amidine groups is 1. The minimum absolute atomic E-state index is 0.0484. The molecule has 0 aliphatic carbocycles. The van der Waals surface area contributed by atoms with Crippen molar-refractivity contribution in [2.45, 2.75) is 18.6 Å². The first-order valence-electron chi connectivity index (χ1n) is 9.15. The van der Waals surface area contributed by atoms with Crippen molar-refractivity contribution in [3.8, 4) is 0 Å². The Bertz CT molecular complexity index is 921. The summed E-state index contributed by atoms with van der Waals surface area (Å²) >= 11 is 7.41. The van der Waals surface area contributed by atoms with Crippen LogP contribution in [0.25, 0.3) is 0 Å². The number of benzene rings is 2. The van der Waals surface area contributed by atoms with E-state index in [9.17, 15) is 9.59 Å². The van der Waals surface area contributed by atoms with E-state index in [2.05, 4.69) is 10.3 Å². The summed E-state index contributed by atoms with van der Waals surface area (Å²) < 4.78 is 5.12. The molecule has 1 saturated heterocycles. The molecule has 2 amide bonds. The Morgan fingerprint density at radius 3 is 2.72 bits per heavy atom. The number of para-hydroxylation sites is 1. The molecule has 1 aliphatic rings. The van der Waals surface area contributed by atoms with Crippen LogP contribution in [0.4, 0.5) is 11.4 Å². The van der Waals surface area contributed by atoms with Gasteiger partial charge < -0.3 is 10.1 Å². The lowest BCUT2D eigenvalue weighted by molar-refractivity contribution is -0.128. The number of amides is 2. The SMILES string of the molecule is COCCN1C(=O)[C@@H](CC(=O)Nc2cccc(Cl)c2C)SC1=Nc1ccccc1.